The van der Waals surface area contributed by atoms with Crippen molar-refractivity contribution < 1.29 is 22.8 Å². The van der Waals surface area contributed by atoms with Crippen molar-refractivity contribution in [1.29, 1.82) is 0 Å². The molecule has 2 fully saturated rings. The van der Waals surface area contributed by atoms with E-state index in [1.165, 1.54) is 23.1 Å². The summed E-state index contributed by atoms with van der Waals surface area (Å²) in [6, 6.07) is 4.69. The molecule has 1 aromatic heterocycles. The van der Waals surface area contributed by atoms with Crippen molar-refractivity contribution >= 4 is 17.5 Å². The molecule has 6 nitrogen and oxygen atoms in total. The molecule has 27 heavy (non-hydrogen) atoms. The van der Waals surface area contributed by atoms with Gasteiger partial charge in [0, 0.05) is 32.3 Å². The van der Waals surface area contributed by atoms with Crippen LogP contribution in [-0.2, 0) is 11.0 Å². The number of carbonyl (C=O) groups is 2. The molecular weight excluding hydrogens is 361 g/mol. The van der Waals surface area contributed by atoms with Crippen molar-refractivity contribution in [3.05, 3.63) is 47.8 Å². The molecule has 0 radical (unpaired) electrons. The second kappa shape index (κ2) is 6.40. The van der Waals surface area contributed by atoms with Crippen LogP contribution in [0.5, 0.6) is 0 Å². The van der Waals surface area contributed by atoms with E-state index in [0.29, 0.717) is 18.7 Å². The van der Waals surface area contributed by atoms with Crippen molar-refractivity contribution in [2.24, 2.45) is 0 Å². The van der Waals surface area contributed by atoms with Crippen LogP contribution in [0.25, 0.3) is 0 Å². The summed E-state index contributed by atoms with van der Waals surface area (Å²) < 4.78 is 41.0. The van der Waals surface area contributed by atoms with Gasteiger partial charge in [-0.25, -0.2) is 0 Å². The van der Waals surface area contributed by atoms with Crippen LogP contribution in [-0.4, -0.2) is 46.1 Å². The first kappa shape index (κ1) is 17.6. The number of likely N-dealkylation sites (tertiary alicyclic amines) is 1. The number of amides is 2. The average Bonchev–Trinajstić information content (AvgIpc) is 3.21. The van der Waals surface area contributed by atoms with Crippen molar-refractivity contribution in [2.75, 3.05) is 24.5 Å². The molecule has 0 bridgehead atoms. The summed E-state index contributed by atoms with van der Waals surface area (Å²) in [6.07, 6.45) is 0.117. The SMILES string of the molecule is O=C(c1ccccc1C(F)(F)F)N1CC(n2cc(N3CCCC3=O)cn2)C1. The molecule has 0 N–H and O–H groups in total. The zero-order chi connectivity index (χ0) is 19.2. The molecule has 0 unspecified atom stereocenters. The van der Waals surface area contributed by atoms with E-state index in [2.05, 4.69) is 5.10 Å². The van der Waals surface area contributed by atoms with Crippen LogP contribution in [0.4, 0.5) is 18.9 Å². The van der Waals surface area contributed by atoms with Crippen molar-refractivity contribution in [2.45, 2.75) is 25.1 Å². The van der Waals surface area contributed by atoms with Crippen molar-refractivity contribution in [3.8, 4) is 0 Å². The van der Waals surface area contributed by atoms with Gasteiger partial charge in [-0.2, -0.15) is 18.3 Å². The Morgan fingerprint density at radius 2 is 1.93 bits per heavy atom. The lowest BCUT2D eigenvalue weighted by Crippen LogP contribution is -2.51. The first-order valence-electron chi connectivity index (χ1n) is 8.64. The van der Waals surface area contributed by atoms with Crippen LogP contribution in [0, 0.1) is 0 Å². The van der Waals surface area contributed by atoms with E-state index in [0.717, 1.165) is 12.5 Å². The maximum Gasteiger partial charge on any atom is 0.417 e. The standard InChI is InChI=1S/C18H17F3N4O2/c19-18(20,21)15-5-2-1-4-14(15)17(27)23-9-13(10-23)25-11-12(8-22-25)24-7-3-6-16(24)26/h1-2,4-5,8,11,13H,3,6-7,9-10H2. The number of aromatic nitrogens is 2. The van der Waals surface area contributed by atoms with Crippen LogP contribution in [0.2, 0.25) is 0 Å². The third kappa shape index (κ3) is 3.17. The average molecular weight is 378 g/mol. The number of carbonyl (C=O) groups excluding carboxylic acids is 2. The Balaban J connectivity index is 1.44. The highest BCUT2D eigenvalue weighted by atomic mass is 19.4. The molecular formula is C18H17F3N4O2. The second-order valence-electron chi connectivity index (χ2n) is 6.73. The first-order chi connectivity index (χ1) is 12.8. The molecule has 0 aliphatic carbocycles. The molecule has 2 aromatic rings. The predicted octanol–water partition coefficient (Wildman–Crippen LogP) is 2.73. The Bertz CT molecular complexity index is 887. The summed E-state index contributed by atoms with van der Waals surface area (Å²) in [5.41, 5.74) is -0.552. The highest BCUT2D eigenvalue weighted by Gasteiger charge is 2.39. The maximum atomic E-state index is 13.1. The van der Waals surface area contributed by atoms with E-state index < -0.39 is 17.6 Å². The molecule has 2 saturated heterocycles. The number of nitrogens with zero attached hydrogens (tertiary/aromatic N) is 4. The largest absolute Gasteiger partial charge is 0.417 e. The Labute approximate surface area is 153 Å². The summed E-state index contributed by atoms with van der Waals surface area (Å²) in [7, 11) is 0. The highest BCUT2D eigenvalue weighted by molar-refractivity contribution is 5.96. The Kier molecular flexibility index (Phi) is 4.16. The minimum Gasteiger partial charge on any atom is -0.334 e. The summed E-state index contributed by atoms with van der Waals surface area (Å²) >= 11 is 0. The van der Waals surface area contributed by atoms with E-state index in [1.807, 2.05) is 0 Å². The van der Waals surface area contributed by atoms with Crippen LogP contribution in [0.3, 0.4) is 0 Å². The van der Waals surface area contributed by atoms with Gasteiger partial charge in [0.05, 0.1) is 29.1 Å². The fourth-order valence-corrected chi connectivity index (χ4v) is 3.46. The number of hydrogen-bond acceptors (Lipinski definition) is 3. The van der Waals surface area contributed by atoms with Gasteiger partial charge in [0.25, 0.3) is 5.91 Å². The fraction of sp³-hybridized carbons (Fsp3) is 0.389. The summed E-state index contributed by atoms with van der Waals surface area (Å²) in [5.74, 6) is -0.579. The molecule has 0 atom stereocenters. The molecule has 2 aliphatic rings. The minimum atomic E-state index is -4.57. The molecule has 1 aromatic carbocycles. The zero-order valence-corrected chi connectivity index (χ0v) is 14.3. The van der Waals surface area contributed by atoms with Crippen molar-refractivity contribution in [3.63, 3.8) is 0 Å². The van der Waals surface area contributed by atoms with Crippen LogP contribution < -0.4 is 4.90 Å². The van der Waals surface area contributed by atoms with Crippen LogP contribution in [0.15, 0.2) is 36.7 Å². The molecule has 0 saturated carbocycles. The van der Waals surface area contributed by atoms with Crippen molar-refractivity contribution in [1.82, 2.24) is 14.7 Å². The van der Waals surface area contributed by atoms with Gasteiger partial charge in [0.1, 0.15) is 0 Å². The van der Waals surface area contributed by atoms with E-state index >= 15 is 0 Å². The third-order valence-electron chi connectivity index (χ3n) is 4.96. The second-order valence-corrected chi connectivity index (χ2v) is 6.73. The summed E-state index contributed by atoms with van der Waals surface area (Å²) in [4.78, 5) is 27.3. The monoisotopic (exact) mass is 378 g/mol. The summed E-state index contributed by atoms with van der Waals surface area (Å²) in [5, 5.41) is 4.25. The topological polar surface area (TPSA) is 58.4 Å². The normalized spacial score (nSPS) is 18.1. The van der Waals surface area contributed by atoms with Gasteiger partial charge in [-0.15, -0.1) is 0 Å². The van der Waals surface area contributed by atoms with Gasteiger partial charge in [0.15, 0.2) is 0 Å². The van der Waals surface area contributed by atoms with Gasteiger partial charge in [0.2, 0.25) is 5.91 Å². The fourth-order valence-electron chi connectivity index (χ4n) is 3.46. The van der Waals surface area contributed by atoms with Crippen LogP contribution >= 0.6 is 0 Å². The van der Waals surface area contributed by atoms with Gasteiger partial charge >= 0.3 is 6.18 Å². The molecule has 9 heteroatoms. The summed E-state index contributed by atoms with van der Waals surface area (Å²) in [6.45, 7) is 1.22. The molecule has 2 amide bonds. The minimum absolute atomic E-state index is 0.0590. The molecule has 2 aliphatic heterocycles. The van der Waals surface area contributed by atoms with E-state index in [9.17, 15) is 22.8 Å². The number of benzene rings is 1. The smallest absolute Gasteiger partial charge is 0.334 e. The highest BCUT2D eigenvalue weighted by Crippen LogP contribution is 2.34. The van der Waals surface area contributed by atoms with E-state index in [1.54, 1.807) is 22.0 Å². The lowest BCUT2D eigenvalue weighted by atomic mass is 10.0. The quantitative estimate of drug-likeness (QED) is 0.825. The van der Waals surface area contributed by atoms with Gasteiger partial charge in [-0.3, -0.25) is 14.3 Å². The van der Waals surface area contributed by atoms with Gasteiger partial charge in [-0.1, -0.05) is 12.1 Å². The Morgan fingerprint density at radius 3 is 2.59 bits per heavy atom. The number of hydrogen-bond donors (Lipinski definition) is 0. The number of alkyl halides is 3. The van der Waals surface area contributed by atoms with E-state index in [4.69, 9.17) is 0 Å². The van der Waals surface area contributed by atoms with Gasteiger partial charge in [-0.05, 0) is 18.6 Å². The lowest BCUT2D eigenvalue weighted by Gasteiger charge is -2.39. The molecule has 4 rings (SSSR count). The third-order valence-corrected chi connectivity index (χ3v) is 4.96. The number of rotatable bonds is 3. The Morgan fingerprint density at radius 1 is 1.19 bits per heavy atom. The molecule has 0 spiro atoms. The predicted molar refractivity (Wildman–Crippen MR) is 90.2 cm³/mol. The van der Waals surface area contributed by atoms with Crippen LogP contribution in [0.1, 0.15) is 34.8 Å². The molecule has 142 valence electrons. The molecule has 3 heterocycles. The maximum absolute atomic E-state index is 13.1. The van der Waals surface area contributed by atoms with Gasteiger partial charge < -0.3 is 9.80 Å². The number of halogens is 3. The Hall–Kier alpha value is -2.84. The lowest BCUT2D eigenvalue weighted by molar-refractivity contribution is -0.138. The van der Waals surface area contributed by atoms with E-state index in [-0.39, 0.29) is 30.6 Å². The first-order valence-corrected chi connectivity index (χ1v) is 8.64. The zero-order valence-electron chi connectivity index (χ0n) is 14.3. The number of anilines is 1.